The van der Waals surface area contributed by atoms with Crippen LogP contribution in [-0.4, -0.2) is 23.0 Å². The quantitative estimate of drug-likeness (QED) is 0.841. The zero-order valence-electron chi connectivity index (χ0n) is 12.1. The smallest absolute Gasteiger partial charge is 0.0991 e. The highest BCUT2D eigenvalue weighted by Gasteiger charge is 2.36. The lowest BCUT2D eigenvalue weighted by Crippen LogP contribution is -2.53. The second kappa shape index (κ2) is 5.32. The molecule has 0 saturated carbocycles. The van der Waals surface area contributed by atoms with Crippen molar-refractivity contribution >= 4 is 0 Å². The minimum absolute atomic E-state index is 0.108. The lowest BCUT2D eigenvalue weighted by atomic mass is 9.87. The van der Waals surface area contributed by atoms with Crippen molar-refractivity contribution < 1.29 is 0 Å². The molecule has 1 aliphatic heterocycles. The van der Waals surface area contributed by atoms with Crippen molar-refractivity contribution in [2.45, 2.75) is 51.2 Å². The van der Waals surface area contributed by atoms with Gasteiger partial charge in [-0.15, -0.1) is 0 Å². The minimum Gasteiger partial charge on any atom is -0.326 e. The van der Waals surface area contributed by atoms with E-state index in [0.717, 1.165) is 19.4 Å². The summed E-state index contributed by atoms with van der Waals surface area (Å²) in [4.78, 5) is 2.49. The third-order valence-electron chi connectivity index (χ3n) is 3.92. The van der Waals surface area contributed by atoms with Crippen LogP contribution < -0.4 is 5.73 Å². The van der Waals surface area contributed by atoms with Gasteiger partial charge in [0.2, 0.25) is 0 Å². The van der Waals surface area contributed by atoms with Gasteiger partial charge in [0.15, 0.2) is 0 Å². The molecule has 1 aliphatic rings. The largest absolute Gasteiger partial charge is 0.326 e. The van der Waals surface area contributed by atoms with Crippen molar-refractivity contribution in [2.24, 2.45) is 5.73 Å². The van der Waals surface area contributed by atoms with Gasteiger partial charge in [0.1, 0.15) is 0 Å². The van der Waals surface area contributed by atoms with Crippen molar-refractivity contribution in [2.75, 3.05) is 6.54 Å². The number of nitrogens with two attached hydrogens (primary N) is 1. The van der Waals surface area contributed by atoms with Gasteiger partial charge in [0.25, 0.3) is 0 Å². The fourth-order valence-electron chi connectivity index (χ4n) is 2.96. The molecule has 2 rings (SSSR count). The number of rotatable bonds is 1. The Hall–Kier alpha value is -1.37. The van der Waals surface area contributed by atoms with Crippen LogP contribution in [0.15, 0.2) is 24.3 Å². The second-order valence-corrected chi connectivity index (χ2v) is 6.35. The van der Waals surface area contributed by atoms with Gasteiger partial charge in [-0.1, -0.05) is 12.1 Å². The molecular weight excluding hydrogens is 234 g/mol. The number of nitriles is 1. The van der Waals surface area contributed by atoms with Crippen LogP contribution in [0.2, 0.25) is 0 Å². The van der Waals surface area contributed by atoms with Crippen LogP contribution in [0, 0.1) is 11.3 Å². The van der Waals surface area contributed by atoms with Crippen LogP contribution in [0.1, 0.15) is 50.8 Å². The molecule has 2 unspecified atom stereocenters. The van der Waals surface area contributed by atoms with Gasteiger partial charge >= 0.3 is 0 Å². The number of nitrogens with zero attached hydrogens (tertiary/aromatic N) is 2. The van der Waals surface area contributed by atoms with Gasteiger partial charge in [-0.2, -0.15) is 5.26 Å². The minimum atomic E-state index is 0.108. The molecule has 0 aliphatic carbocycles. The highest BCUT2D eigenvalue weighted by molar-refractivity contribution is 5.33. The van der Waals surface area contributed by atoms with Gasteiger partial charge in [-0.3, -0.25) is 4.90 Å². The predicted molar refractivity (Wildman–Crippen MR) is 77.6 cm³/mol. The van der Waals surface area contributed by atoms with Crippen LogP contribution >= 0.6 is 0 Å². The number of hydrogen-bond acceptors (Lipinski definition) is 3. The van der Waals surface area contributed by atoms with Gasteiger partial charge in [-0.05, 0) is 57.9 Å². The zero-order chi connectivity index (χ0) is 14.0. The third-order valence-corrected chi connectivity index (χ3v) is 3.92. The monoisotopic (exact) mass is 257 g/mol. The van der Waals surface area contributed by atoms with Crippen molar-refractivity contribution in [3.8, 4) is 6.07 Å². The molecule has 0 aromatic heterocycles. The number of hydrogen-bond donors (Lipinski definition) is 1. The van der Waals surface area contributed by atoms with E-state index in [4.69, 9.17) is 11.0 Å². The van der Waals surface area contributed by atoms with Gasteiger partial charge in [0.05, 0.1) is 17.7 Å². The Labute approximate surface area is 116 Å². The second-order valence-electron chi connectivity index (χ2n) is 6.35. The predicted octanol–water partition coefficient (Wildman–Crippen LogP) is 2.82. The first-order valence-corrected chi connectivity index (χ1v) is 6.96. The van der Waals surface area contributed by atoms with Gasteiger partial charge in [-0.25, -0.2) is 0 Å². The molecule has 3 heteroatoms. The lowest BCUT2D eigenvalue weighted by Gasteiger charge is -2.47. The summed E-state index contributed by atoms with van der Waals surface area (Å²) >= 11 is 0. The molecule has 1 aromatic carbocycles. The summed E-state index contributed by atoms with van der Waals surface area (Å²) in [5.41, 5.74) is 8.40. The summed E-state index contributed by atoms with van der Waals surface area (Å²) < 4.78 is 0. The molecule has 0 bridgehead atoms. The fourth-order valence-corrected chi connectivity index (χ4v) is 2.96. The zero-order valence-corrected chi connectivity index (χ0v) is 12.1. The standard InChI is InChI=1S/C16H23N3/c1-16(2,3)19-10-4-5-14(18)15(19)13-8-6-12(11-17)7-9-13/h6-9,14-15H,4-5,10,18H2,1-3H3. The number of piperidine rings is 1. The summed E-state index contributed by atoms with van der Waals surface area (Å²) in [5.74, 6) is 0. The average molecular weight is 257 g/mol. The van der Waals surface area contributed by atoms with Crippen LogP contribution in [0.25, 0.3) is 0 Å². The lowest BCUT2D eigenvalue weighted by molar-refractivity contribution is 0.0384. The Morgan fingerprint density at radius 2 is 1.89 bits per heavy atom. The molecule has 0 amide bonds. The number of likely N-dealkylation sites (tertiary alicyclic amines) is 1. The van der Waals surface area contributed by atoms with E-state index >= 15 is 0 Å². The Kier molecular flexibility index (Phi) is 3.93. The van der Waals surface area contributed by atoms with E-state index in [1.165, 1.54) is 5.56 Å². The molecule has 0 spiro atoms. The molecule has 1 saturated heterocycles. The maximum Gasteiger partial charge on any atom is 0.0991 e. The molecule has 1 fully saturated rings. The van der Waals surface area contributed by atoms with Crippen molar-refractivity contribution in [3.63, 3.8) is 0 Å². The molecule has 102 valence electrons. The first-order valence-electron chi connectivity index (χ1n) is 6.96. The average Bonchev–Trinajstić information content (AvgIpc) is 2.37. The fraction of sp³-hybridized carbons (Fsp3) is 0.562. The first-order chi connectivity index (χ1) is 8.93. The molecular formula is C16H23N3. The summed E-state index contributed by atoms with van der Waals surface area (Å²) in [5, 5.41) is 8.89. The Morgan fingerprint density at radius 1 is 1.26 bits per heavy atom. The summed E-state index contributed by atoms with van der Waals surface area (Å²) in [6.45, 7) is 7.80. The molecule has 2 N–H and O–H groups in total. The van der Waals surface area contributed by atoms with E-state index in [1.807, 2.05) is 24.3 Å². The normalized spacial score (nSPS) is 25.0. The maximum absolute atomic E-state index is 8.89. The Bertz CT molecular complexity index is 464. The van der Waals surface area contributed by atoms with Gasteiger partial charge in [0, 0.05) is 11.6 Å². The maximum atomic E-state index is 8.89. The van der Waals surface area contributed by atoms with E-state index in [0.29, 0.717) is 5.56 Å². The summed E-state index contributed by atoms with van der Waals surface area (Å²) in [7, 11) is 0. The SMILES string of the molecule is CC(C)(C)N1CCCC(N)C1c1ccc(C#N)cc1. The molecule has 1 aromatic rings. The van der Waals surface area contributed by atoms with E-state index in [-0.39, 0.29) is 17.6 Å². The number of benzene rings is 1. The van der Waals surface area contributed by atoms with E-state index < -0.39 is 0 Å². The van der Waals surface area contributed by atoms with E-state index in [9.17, 15) is 0 Å². The van der Waals surface area contributed by atoms with Crippen LogP contribution in [0.4, 0.5) is 0 Å². The first kappa shape index (κ1) is 14.0. The summed E-state index contributed by atoms with van der Waals surface area (Å²) in [6.07, 6.45) is 2.22. The van der Waals surface area contributed by atoms with E-state index in [1.54, 1.807) is 0 Å². The molecule has 0 radical (unpaired) electrons. The Morgan fingerprint density at radius 3 is 2.42 bits per heavy atom. The third kappa shape index (κ3) is 2.97. The molecule has 1 heterocycles. The molecule has 2 atom stereocenters. The van der Waals surface area contributed by atoms with Crippen LogP contribution in [0.3, 0.4) is 0 Å². The summed E-state index contributed by atoms with van der Waals surface area (Å²) in [6, 6.07) is 10.5. The van der Waals surface area contributed by atoms with Crippen LogP contribution in [0.5, 0.6) is 0 Å². The van der Waals surface area contributed by atoms with Crippen molar-refractivity contribution in [3.05, 3.63) is 35.4 Å². The highest BCUT2D eigenvalue weighted by Crippen LogP contribution is 2.35. The van der Waals surface area contributed by atoms with Gasteiger partial charge < -0.3 is 5.73 Å². The van der Waals surface area contributed by atoms with Crippen molar-refractivity contribution in [1.82, 2.24) is 4.90 Å². The topological polar surface area (TPSA) is 53.0 Å². The molecule has 19 heavy (non-hydrogen) atoms. The van der Waals surface area contributed by atoms with E-state index in [2.05, 4.69) is 31.7 Å². The van der Waals surface area contributed by atoms with Crippen LogP contribution in [-0.2, 0) is 0 Å². The van der Waals surface area contributed by atoms with Crippen molar-refractivity contribution in [1.29, 1.82) is 5.26 Å². The highest BCUT2D eigenvalue weighted by atomic mass is 15.2. The molecule has 3 nitrogen and oxygen atoms in total. The Balaban J connectivity index is 2.33.